The van der Waals surface area contributed by atoms with Gasteiger partial charge in [-0.3, -0.25) is 10.1 Å². The summed E-state index contributed by atoms with van der Waals surface area (Å²) in [6, 6.07) is 12.5. The molecule has 2 heterocycles. The Morgan fingerprint density at radius 2 is 2.07 bits per heavy atom. The summed E-state index contributed by atoms with van der Waals surface area (Å²) in [5, 5.41) is 3.05. The number of anilines is 1. The van der Waals surface area contributed by atoms with E-state index in [9.17, 15) is 9.59 Å². The highest BCUT2D eigenvalue weighted by molar-refractivity contribution is 7.22. The molecule has 1 aromatic heterocycles. The zero-order valence-corrected chi connectivity index (χ0v) is 16.4. The number of thiazole rings is 1. The van der Waals surface area contributed by atoms with Gasteiger partial charge in [0, 0.05) is 0 Å². The van der Waals surface area contributed by atoms with Gasteiger partial charge in [-0.25, -0.2) is 9.78 Å². The largest absolute Gasteiger partial charge is 0.494 e. The van der Waals surface area contributed by atoms with E-state index in [4.69, 9.17) is 18.9 Å². The molecule has 150 valence electrons. The molecule has 8 nitrogen and oxygen atoms in total. The summed E-state index contributed by atoms with van der Waals surface area (Å²) in [7, 11) is 0. The first-order valence-electron chi connectivity index (χ1n) is 9.00. The number of amides is 1. The van der Waals surface area contributed by atoms with Crippen LogP contribution in [-0.2, 0) is 14.3 Å². The number of nitrogens with zero attached hydrogens (tertiary/aromatic N) is 1. The molecular formula is C20H18N2O6S. The lowest BCUT2D eigenvalue weighted by Crippen LogP contribution is -2.39. The van der Waals surface area contributed by atoms with E-state index >= 15 is 0 Å². The first-order valence-corrected chi connectivity index (χ1v) is 9.82. The normalized spacial score (nSPS) is 15.0. The molecule has 0 aliphatic carbocycles. The van der Waals surface area contributed by atoms with Crippen molar-refractivity contribution in [2.75, 3.05) is 25.1 Å². The van der Waals surface area contributed by atoms with E-state index in [1.54, 1.807) is 18.2 Å². The van der Waals surface area contributed by atoms with Crippen LogP contribution in [0.15, 0.2) is 42.5 Å². The summed E-state index contributed by atoms with van der Waals surface area (Å²) in [6.07, 6.45) is -0.919. The number of nitrogens with one attached hydrogen (secondary N) is 1. The summed E-state index contributed by atoms with van der Waals surface area (Å²) >= 11 is 1.31. The minimum Gasteiger partial charge on any atom is -0.494 e. The fourth-order valence-corrected chi connectivity index (χ4v) is 3.65. The molecule has 2 aromatic carbocycles. The highest BCUT2D eigenvalue weighted by Crippen LogP contribution is 2.31. The first kappa shape index (κ1) is 19.0. The number of carbonyl (C=O) groups excluding carboxylic acids is 2. The van der Waals surface area contributed by atoms with Crippen LogP contribution in [0.3, 0.4) is 0 Å². The lowest BCUT2D eigenvalue weighted by atomic mass is 10.2. The summed E-state index contributed by atoms with van der Waals surface area (Å²) in [4.78, 5) is 28.6. The van der Waals surface area contributed by atoms with Crippen molar-refractivity contribution < 1.29 is 28.5 Å². The maximum Gasteiger partial charge on any atom is 0.351 e. The summed E-state index contributed by atoms with van der Waals surface area (Å²) in [5.74, 6) is 0.621. The molecule has 29 heavy (non-hydrogen) atoms. The fraction of sp³-hybridized carbons (Fsp3) is 0.250. The van der Waals surface area contributed by atoms with Crippen molar-refractivity contribution in [2.45, 2.75) is 13.0 Å². The predicted molar refractivity (Wildman–Crippen MR) is 107 cm³/mol. The van der Waals surface area contributed by atoms with Crippen molar-refractivity contribution >= 4 is 38.6 Å². The maximum atomic E-state index is 12.2. The van der Waals surface area contributed by atoms with Crippen molar-refractivity contribution in [1.29, 1.82) is 0 Å². The van der Waals surface area contributed by atoms with E-state index in [2.05, 4.69) is 10.3 Å². The Labute approximate surface area is 170 Å². The lowest BCUT2D eigenvalue weighted by Gasteiger charge is -2.24. The van der Waals surface area contributed by atoms with E-state index in [1.807, 2.05) is 31.2 Å². The van der Waals surface area contributed by atoms with Gasteiger partial charge in [-0.2, -0.15) is 0 Å². The number of fused-ring (bicyclic) bond motifs is 2. The Balaban J connectivity index is 1.31. The molecule has 0 saturated heterocycles. The van der Waals surface area contributed by atoms with E-state index in [-0.39, 0.29) is 6.61 Å². The third-order valence-electron chi connectivity index (χ3n) is 4.03. The third-order valence-corrected chi connectivity index (χ3v) is 4.97. The highest BCUT2D eigenvalue weighted by atomic mass is 32.1. The number of rotatable bonds is 6. The average Bonchev–Trinajstić information content (AvgIpc) is 3.13. The smallest absolute Gasteiger partial charge is 0.351 e. The van der Waals surface area contributed by atoms with E-state index in [1.165, 1.54) is 11.3 Å². The molecule has 9 heteroatoms. The second-order valence-corrected chi connectivity index (χ2v) is 7.13. The van der Waals surface area contributed by atoms with Crippen LogP contribution in [0.1, 0.15) is 6.92 Å². The van der Waals surface area contributed by atoms with Crippen LogP contribution in [0.4, 0.5) is 5.13 Å². The van der Waals surface area contributed by atoms with Crippen LogP contribution in [0.5, 0.6) is 17.2 Å². The molecule has 0 bridgehead atoms. The van der Waals surface area contributed by atoms with Crippen molar-refractivity contribution in [1.82, 2.24) is 4.98 Å². The first-order chi connectivity index (χ1) is 14.1. The van der Waals surface area contributed by atoms with Crippen molar-refractivity contribution in [2.24, 2.45) is 0 Å². The Morgan fingerprint density at radius 3 is 2.90 bits per heavy atom. The maximum absolute atomic E-state index is 12.2. The minimum absolute atomic E-state index is 0.0253. The number of hydrogen-bond donors (Lipinski definition) is 1. The molecule has 0 radical (unpaired) electrons. The van der Waals surface area contributed by atoms with Crippen LogP contribution >= 0.6 is 11.3 Å². The van der Waals surface area contributed by atoms with Gasteiger partial charge in [-0.1, -0.05) is 23.5 Å². The Hall–Kier alpha value is -3.33. The van der Waals surface area contributed by atoms with Gasteiger partial charge in [0.15, 0.2) is 23.2 Å². The molecule has 3 aromatic rings. The standard InChI is InChI=1S/C20H18N2O6S/c1-2-25-12-7-8-13-17(9-12)29-20(21-13)22-18(23)11-27-19(24)16-10-26-14-5-3-4-6-15(14)28-16/h3-9,16H,2,10-11H2,1H3,(H,21,22,23)/t16-/m0/s1. The number of carbonyl (C=O) groups is 2. The Morgan fingerprint density at radius 1 is 1.24 bits per heavy atom. The van der Waals surface area contributed by atoms with Crippen LogP contribution in [0.2, 0.25) is 0 Å². The summed E-state index contributed by atoms with van der Waals surface area (Å²) < 4.78 is 22.4. The van der Waals surface area contributed by atoms with Crippen LogP contribution in [0, 0.1) is 0 Å². The SMILES string of the molecule is CCOc1ccc2nc(NC(=O)COC(=O)[C@@H]3COc4ccccc4O3)sc2c1. The molecule has 0 fully saturated rings. The van der Waals surface area contributed by atoms with Gasteiger partial charge in [0.2, 0.25) is 6.10 Å². The van der Waals surface area contributed by atoms with Gasteiger partial charge in [0.25, 0.3) is 5.91 Å². The molecule has 1 amide bonds. The second-order valence-electron chi connectivity index (χ2n) is 6.10. The van der Waals surface area contributed by atoms with Gasteiger partial charge in [0.1, 0.15) is 12.4 Å². The van der Waals surface area contributed by atoms with Gasteiger partial charge in [-0.05, 0) is 37.3 Å². The van der Waals surface area contributed by atoms with Gasteiger partial charge in [0.05, 0.1) is 16.8 Å². The summed E-state index contributed by atoms with van der Waals surface area (Å²) in [6.45, 7) is 2.06. The fourth-order valence-electron chi connectivity index (χ4n) is 2.74. The molecule has 0 unspecified atom stereocenters. The zero-order valence-electron chi connectivity index (χ0n) is 15.5. The monoisotopic (exact) mass is 414 g/mol. The molecule has 1 aliphatic heterocycles. The van der Waals surface area contributed by atoms with Gasteiger partial charge in [-0.15, -0.1) is 0 Å². The number of ether oxygens (including phenoxy) is 4. The van der Waals surface area contributed by atoms with Crippen molar-refractivity contribution in [3.63, 3.8) is 0 Å². The third kappa shape index (κ3) is 4.40. The van der Waals surface area contributed by atoms with Gasteiger partial charge < -0.3 is 18.9 Å². The Bertz CT molecular complexity index is 1050. The lowest BCUT2D eigenvalue weighted by molar-refractivity contribution is -0.156. The van der Waals surface area contributed by atoms with Crippen LogP contribution < -0.4 is 19.5 Å². The number of aromatic nitrogens is 1. The van der Waals surface area contributed by atoms with Gasteiger partial charge >= 0.3 is 5.97 Å². The number of benzene rings is 2. The van der Waals surface area contributed by atoms with E-state index < -0.39 is 24.6 Å². The second kappa shape index (κ2) is 8.36. The number of esters is 1. The van der Waals surface area contributed by atoms with Crippen LogP contribution in [-0.4, -0.2) is 42.8 Å². The molecule has 4 rings (SSSR count). The molecule has 1 atom stereocenters. The molecule has 0 saturated carbocycles. The number of hydrogen-bond acceptors (Lipinski definition) is 8. The highest BCUT2D eigenvalue weighted by Gasteiger charge is 2.29. The quantitative estimate of drug-likeness (QED) is 0.620. The average molecular weight is 414 g/mol. The predicted octanol–water partition coefficient (Wildman–Crippen LogP) is 3.02. The van der Waals surface area contributed by atoms with E-state index in [0.717, 1.165) is 16.0 Å². The Kier molecular flexibility index (Phi) is 5.48. The van der Waals surface area contributed by atoms with E-state index in [0.29, 0.717) is 23.2 Å². The van der Waals surface area contributed by atoms with Crippen LogP contribution in [0.25, 0.3) is 10.2 Å². The molecule has 1 aliphatic rings. The molecular weight excluding hydrogens is 396 g/mol. The number of para-hydroxylation sites is 2. The zero-order chi connectivity index (χ0) is 20.2. The minimum atomic E-state index is -0.919. The van der Waals surface area contributed by atoms with Crippen molar-refractivity contribution in [3.8, 4) is 17.2 Å². The van der Waals surface area contributed by atoms with Crippen molar-refractivity contribution in [3.05, 3.63) is 42.5 Å². The molecule has 0 spiro atoms. The topological polar surface area (TPSA) is 96.0 Å². The summed E-state index contributed by atoms with van der Waals surface area (Å²) in [5.41, 5.74) is 0.747. The molecule has 1 N–H and O–H groups in total.